The Bertz CT molecular complexity index is 726. The first kappa shape index (κ1) is 18.7. The molecule has 2 aliphatic rings. The van der Waals surface area contributed by atoms with E-state index in [0.717, 1.165) is 35.8 Å². The van der Waals surface area contributed by atoms with E-state index in [0.29, 0.717) is 30.9 Å². The molecule has 1 aromatic rings. The number of ether oxygens (including phenoxy) is 1. The predicted molar refractivity (Wildman–Crippen MR) is 106 cm³/mol. The third-order valence-electron chi connectivity index (χ3n) is 4.65. The number of hydrogen-bond donors (Lipinski definition) is 3. The van der Waals surface area contributed by atoms with Gasteiger partial charge >= 0.3 is 5.97 Å². The highest BCUT2D eigenvalue weighted by atomic mass is 79.9. The molecule has 1 saturated carbocycles. The molecule has 0 aromatic heterocycles. The molecule has 1 aromatic carbocycles. The van der Waals surface area contributed by atoms with Crippen LogP contribution < -0.4 is 16.4 Å². The summed E-state index contributed by atoms with van der Waals surface area (Å²) in [6, 6.07) is 7.84. The minimum atomic E-state index is -0.547. The van der Waals surface area contributed by atoms with Gasteiger partial charge in [-0.3, -0.25) is 10.1 Å². The topological polar surface area (TPSA) is 101 Å². The number of aliphatic imine (C=N–C) groups is 2. The standard InChI is InChI=1S/C18H24BrN5O2/c1-2-26-15(25)10-12-6-8-18(9-7-12)23-16(20)22-17(24-18)21-14-5-3-4-13(19)11-14/h3-5,11-12H,2,6-10H2,1H3,(H4,20,21,22,23,24). The van der Waals surface area contributed by atoms with E-state index >= 15 is 0 Å². The van der Waals surface area contributed by atoms with E-state index in [9.17, 15) is 4.79 Å². The number of guanidine groups is 2. The van der Waals surface area contributed by atoms with E-state index < -0.39 is 5.66 Å². The Balaban J connectivity index is 1.66. The molecule has 1 aliphatic heterocycles. The number of hydrogen-bond acceptors (Lipinski definition) is 7. The quantitative estimate of drug-likeness (QED) is 0.648. The minimum absolute atomic E-state index is 0.123. The maximum absolute atomic E-state index is 11.7. The molecule has 0 unspecified atom stereocenters. The molecule has 1 heterocycles. The van der Waals surface area contributed by atoms with Gasteiger partial charge in [-0.15, -0.1) is 0 Å². The highest BCUT2D eigenvalue weighted by molar-refractivity contribution is 9.10. The predicted octanol–water partition coefficient (Wildman–Crippen LogP) is 2.97. The first-order valence-corrected chi connectivity index (χ1v) is 9.68. The second-order valence-electron chi connectivity index (χ2n) is 6.65. The molecule has 26 heavy (non-hydrogen) atoms. The Kier molecular flexibility index (Phi) is 5.80. The summed E-state index contributed by atoms with van der Waals surface area (Å²) >= 11 is 3.46. The number of anilines is 1. The molecule has 1 spiro atoms. The van der Waals surface area contributed by atoms with Crippen molar-refractivity contribution in [1.82, 2.24) is 5.32 Å². The van der Waals surface area contributed by atoms with Crippen molar-refractivity contribution in [2.75, 3.05) is 11.9 Å². The van der Waals surface area contributed by atoms with Crippen molar-refractivity contribution in [3.05, 3.63) is 28.7 Å². The Labute approximate surface area is 161 Å². The average molecular weight is 422 g/mol. The van der Waals surface area contributed by atoms with Crippen LogP contribution in [0.3, 0.4) is 0 Å². The summed E-state index contributed by atoms with van der Waals surface area (Å²) in [6.07, 6.45) is 3.76. The zero-order valence-electron chi connectivity index (χ0n) is 14.8. The van der Waals surface area contributed by atoms with E-state index in [-0.39, 0.29) is 5.97 Å². The van der Waals surface area contributed by atoms with Crippen molar-refractivity contribution in [2.45, 2.75) is 44.7 Å². The van der Waals surface area contributed by atoms with E-state index in [4.69, 9.17) is 15.5 Å². The smallest absolute Gasteiger partial charge is 0.306 e. The van der Waals surface area contributed by atoms with Gasteiger partial charge in [0.05, 0.1) is 6.61 Å². The summed E-state index contributed by atoms with van der Waals surface area (Å²) in [5.74, 6) is 1.16. The Morgan fingerprint density at radius 3 is 2.88 bits per heavy atom. The SMILES string of the molecule is CCOC(=O)CC1CCC2(CC1)N=C(N)NC(Nc1cccc(Br)c1)=N2. The van der Waals surface area contributed by atoms with Crippen LogP contribution in [0.1, 0.15) is 39.0 Å². The van der Waals surface area contributed by atoms with E-state index in [2.05, 4.69) is 31.6 Å². The van der Waals surface area contributed by atoms with Crippen molar-refractivity contribution in [2.24, 2.45) is 21.6 Å². The second kappa shape index (κ2) is 8.07. The number of benzene rings is 1. The van der Waals surface area contributed by atoms with Crippen LogP contribution in [0.5, 0.6) is 0 Å². The number of carbonyl (C=O) groups excluding carboxylic acids is 1. The Morgan fingerprint density at radius 1 is 1.42 bits per heavy atom. The molecular formula is C18H24BrN5O2. The lowest BCUT2D eigenvalue weighted by atomic mass is 9.80. The minimum Gasteiger partial charge on any atom is -0.466 e. The van der Waals surface area contributed by atoms with Crippen LogP contribution in [0.25, 0.3) is 0 Å². The van der Waals surface area contributed by atoms with Crippen molar-refractivity contribution in [3.63, 3.8) is 0 Å². The fourth-order valence-electron chi connectivity index (χ4n) is 3.42. The van der Waals surface area contributed by atoms with Crippen LogP contribution in [-0.4, -0.2) is 30.2 Å². The largest absolute Gasteiger partial charge is 0.466 e. The van der Waals surface area contributed by atoms with Gasteiger partial charge in [0.25, 0.3) is 0 Å². The molecule has 0 radical (unpaired) electrons. The number of nitrogens with one attached hydrogen (secondary N) is 2. The molecule has 1 aliphatic carbocycles. The monoisotopic (exact) mass is 421 g/mol. The molecule has 0 saturated heterocycles. The number of carbonyl (C=O) groups is 1. The molecule has 1 fully saturated rings. The molecule has 0 bridgehead atoms. The molecule has 8 heteroatoms. The summed E-state index contributed by atoms with van der Waals surface area (Å²) in [7, 11) is 0. The van der Waals surface area contributed by atoms with Crippen molar-refractivity contribution < 1.29 is 9.53 Å². The van der Waals surface area contributed by atoms with E-state index in [1.807, 2.05) is 31.2 Å². The van der Waals surface area contributed by atoms with E-state index in [1.165, 1.54) is 0 Å². The van der Waals surface area contributed by atoms with Crippen molar-refractivity contribution >= 4 is 39.5 Å². The molecule has 0 amide bonds. The normalized spacial score (nSPS) is 25.1. The van der Waals surface area contributed by atoms with Crippen LogP contribution >= 0.6 is 15.9 Å². The van der Waals surface area contributed by atoms with Crippen LogP contribution in [0.2, 0.25) is 0 Å². The van der Waals surface area contributed by atoms with Gasteiger partial charge in [0.2, 0.25) is 5.96 Å². The molecule has 140 valence electrons. The molecule has 0 atom stereocenters. The fraction of sp³-hybridized carbons (Fsp3) is 0.500. The molecule has 4 N–H and O–H groups in total. The van der Waals surface area contributed by atoms with Crippen LogP contribution in [0.4, 0.5) is 5.69 Å². The maximum Gasteiger partial charge on any atom is 0.306 e. The lowest BCUT2D eigenvalue weighted by Gasteiger charge is -2.36. The lowest BCUT2D eigenvalue weighted by Crippen LogP contribution is -2.49. The fourth-order valence-corrected chi connectivity index (χ4v) is 3.82. The van der Waals surface area contributed by atoms with Gasteiger partial charge in [-0.05, 0) is 56.7 Å². The number of halogens is 1. The zero-order valence-corrected chi connectivity index (χ0v) is 16.4. The van der Waals surface area contributed by atoms with Gasteiger partial charge < -0.3 is 15.8 Å². The first-order valence-electron chi connectivity index (χ1n) is 8.88. The number of nitrogens with two attached hydrogens (primary N) is 1. The number of rotatable bonds is 4. The zero-order chi connectivity index (χ0) is 18.6. The highest BCUT2D eigenvalue weighted by Crippen LogP contribution is 2.38. The molecular weight excluding hydrogens is 398 g/mol. The van der Waals surface area contributed by atoms with Crippen LogP contribution in [0, 0.1) is 5.92 Å². The van der Waals surface area contributed by atoms with Gasteiger partial charge in [-0.2, -0.15) is 0 Å². The summed E-state index contributed by atoms with van der Waals surface area (Å²) in [6.45, 7) is 2.26. The van der Waals surface area contributed by atoms with Gasteiger partial charge in [0.15, 0.2) is 11.6 Å². The Hall–Kier alpha value is -2.09. The first-order chi connectivity index (χ1) is 12.5. The molecule has 7 nitrogen and oxygen atoms in total. The Morgan fingerprint density at radius 2 is 2.19 bits per heavy atom. The van der Waals surface area contributed by atoms with Crippen LogP contribution in [0.15, 0.2) is 38.7 Å². The van der Waals surface area contributed by atoms with E-state index in [1.54, 1.807) is 0 Å². The summed E-state index contributed by atoms with van der Waals surface area (Å²) < 4.78 is 6.04. The molecule has 3 rings (SSSR count). The third kappa shape index (κ3) is 4.75. The number of esters is 1. The summed E-state index contributed by atoms with van der Waals surface area (Å²) in [5.41, 5.74) is 6.37. The summed E-state index contributed by atoms with van der Waals surface area (Å²) in [5, 5.41) is 6.25. The average Bonchev–Trinajstić information content (AvgIpc) is 2.57. The van der Waals surface area contributed by atoms with Crippen molar-refractivity contribution in [3.8, 4) is 0 Å². The highest BCUT2D eigenvalue weighted by Gasteiger charge is 2.38. The number of nitrogens with zero attached hydrogens (tertiary/aromatic N) is 2. The van der Waals surface area contributed by atoms with Crippen LogP contribution in [-0.2, 0) is 9.53 Å². The third-order valence-corrected chi connectivity index (χ3v) is 5.14. The van der Waals surface area contributed by atoms with Gasteiger partial charge in [0, 0.05) is 16.6 Å². The van der Waals surface area contributed by atoms with Gasteiger partial charge in [0.1, 0.15) is 0 Å². The lowest BCUT2D eigenvalue weighted by molar-refractivity contribution is -0.144. The van der Waals surface area contributed by atoms with Gasteiger partial charge in [-0.1, -0.05) is 22.0 Å². The van der Waals surface area contributed by atoms with Gasteiger partial charge in [-0.25, -0.2) is 9.98 Å². The second-order valence-corrected chi connectivity index (χ2v) is 7.57. The van der Waals surface area contributed by atoms with Crippen molar-refractivity contribution in [1.29, 1.82) is 0 Å². The summed E-state index contributed by atoms with van der Waals surface area (Å²) in [4.78, 5) is 21.0. The maximum atomic E-state index is 11.7.